The van der Waals surface area contributed by atoms with Crippen LogP contribution in [0.4, 0.5) is 14.6 Å². The predicted octanol–water partition coefficient (Wildman–Crippen LogP) is 4.28. The smallest absolute Gasteiger partial charge is 0.350 e. The highest BCUT2D eigenvalue weighted by atomic mass is 35.5. The summed E-state index contributed by atoms with van der Waals surface area (Å²) in [5.74, 6) is -1.99. The van der Waals surface area contributed by atoms with Gasteiger partial charge in [0, 0.05) is 44.0 Å². The lowest BCUT2D eigenvalue weighted by molar-refractivity contribution is -0.126. The van der Waals surface area contributed by atoms with Crippen LogP contribution >= 0.6 is 11.6 Å². The molecule has 14 heteroatoms. The zero-order chi connectivity index (χ0) is 31.5. The summed E-state index contributed by atoms with van der Waals surface area (Å²) < 4.78 is 57.1. The molecule has 4 heterocycles. The maximum Gasteiger partial charge on any atom is 0.355 e. The zero-order valence-electron chi connectivity index (χ0n) is 23.8. The standard InChI is InChI=1S/C30H27ClF2N6O4S/c1-4-23(40)37-12-13-38(16(2)15-37)28-18-14-19(31)26(24-20(32)6-5-7-21(24)33)35-29(18)39(30(41)36-28)27-22(44(3,42)43)10-11-34-25(27)17-8-9-17/h4-7,10-11,14,16-17H,1,8-9,12-13,15H2,2-3H3/t16-/m0/s1. The van der Waals surface area contributed by atoms with E-state index >= 15 is 8.78 Å². The summed E-state index contributed by atoms with van der Waals surface area (Å²) in [7, 11) is -3.89. The van der Waals surface area contributed by atoms with Crippen molar-refractivity contribution in [3.05, 3.63) is 82.0 Å². The van der Waals surface area contributed by atoms with Crippen molar-refractivity contribution in [3.63, 3.8) is 0 Å². The number of anilines is 1. The molecule has 4 aromatic rings. The van der Waals surface area contributed by atoms with Gasteiger partial charge in [0.25, 0.3) is 0 Å². The lowest BCUT2D eigenvalue weighted by atomic mass is 10.1. The molecule has 2 aliphatic rings. The minimum atomic E-state index is -3.89. The van der Waals surface area contributed by atoms with Crippen LogP contribution in [-0.4, -0.2) is 70.7 Å². The molecule has 0 N–H and O–H groups in total. The number of sulfone groups is 1. The number of rotatable bonds is 6. The van der Waals surface area contributed by atoms with E-state index in [1.165, 1.54) is 30.5 Å². The number of benzene rings is 1. The van der Waals surface area contributed by atoms with Crippen molar-refractivity contribution in [2.24, 2.45) is 0 Å². The third kappa shape index (κ3) is 5.13. The number of pyridine rings is 2. The molecule has 1 saturated carbocycles. The average Bonchev–Trinajstić information content (AvgIpc) is 3.82. The van der Waals surface area contributed by atoms with Gasteiger partial charge in [0.2, 0.25) is 5.91 Å². The molecular formula is C30H27ClF2N6O4S. The highest BCUT2D eigenvalue weighted by molar-refractivity contribution is 7.90. The van der Waals surface area contributed by atoms with Gasteiger partial charge in [0.1, 0.15) is 17.5 Å². The molecule has 0 radical (unpaired) electrons. The number of piperazine rings is 1. The maximum absolute atomic E-state index is 15.0. The predicted molar refractivity (Wildman–Crippen MR) is 162 cm³/mol. The van der Waals surface area contributed by atoms with E-state index in [1.54, 1.807) is 4.90 Å². The van der Waals surface area contributed by atoms with E-state index in [4.69, 9.17) is 11.6 Å². The number of amides is 1. The molecule has 228 valence electrons. The first-order valence-electron chi connectivity index (χ1n) is 13.9. The number of fused-ring (bicyclic) bond motifs is 1. The first-order chi connectivity index (χ1) is 20.9. The van der Waals surface area contributed by atoms with Gasteiger partial charge in [-0.3, -0.25) is 9.78 Å². The fourth-order valence-corrected chi connectivity index (χ4v) is 6.76. The third-order valence-electron chi connectivity index (χ3n) is 7.89. The fraction of sp³-hybridized carbons (Fsp3) is 0.300. The molecule has 6 rings (SSSR count). The molecule has 3 aromatic heterocycles. The Labute approximate surface area is 256 Å². The summed E-state index contributed by atoms with van der Waals surface area (Å²) in [6, 6.07) is 5.73. The SMILES string of the molecule is C=CC(=O)N1CCN(c2nc(=O)n(-c3c(S(C)(=O)=O)ccnc3C3CC3)c3nc(-c4c(F)cccc4F)c(Cl)cc23)[C@@H](C)C1. The summed E-state index contributed by atoms with van der Waals surface area (Å²) >= 11 is 6.64. The molecule has 1 atom stereocenters. The normalized spacial score (nSPS) is 17.2. The van der Waals surface area contributed by atoms with Crippen molar-refractivity contribution in [1.82, 2.24) is 24.4 Å². The van der Waals surface area contributed by atoms with Crippen molar-refractivity contribution in [2.45, 2.75) is 36.6 Å². The highest BCUT2D eigenvalue weighted by Crippen LogP contribution is 2.44. The topological polar surface area (TPSA) is 118 Å². The first-order valence-corrected chi connectivity index (χ1v) is 16.1. The number of nitrogens with zero attached hydrogens (tertiary/aromatic N) is 6. The highest BCUT2D eigenvalue weighted by Gasteiger charge is 2.35. The average molecular weight is 641 g/mol. The Kier molecular flexibility index (Phi) is 7.49. The minimum Gasteiger partial charge on any atom is -0.350 e. The van der Waals surface area contributed by atoms with Gasteiger partial charge in [-0.1, -0.05) is 24.2 Å². The van der Waals surface area contributed by atoms with E-state index in [0.717, 1.165) is 35.8 Å². The second kappa shape index (κ2) is 11.0. The van der Waals surface area contributed by atoms with Crippen LogP contribution in [0.3, 0.4) is 0 Å². The van der Waals surface area contributed by atoms with Gasteiger partial charge in [-0.25, -0.2) is 31.5 Å². The van der Waals surface area contributed by atoms with Crippen molar-refractivity contribution in [1.29, 1.82) is 0 Å². The molecule has 1 aromatic carbocycles. The molecule has 1 aliphatic carbocycles. The number of halogens is 3. The number of aromatic nitrogens is 4. The van der Waals surface area contributed by atoms with E-state index in [2.05, 4.69) is 21.5 Å². The van der Waals surface area contributed by atoms with Gasteiger partial charge in [-0.15, -0.1) is 0 Å². The van der Waals surface area contributed by atoms with Crippen molar-refractivity contribution in [2.75, 3.05) is 30.8 Å². The lowest BCUT2D eigenvalue weighted by Crippen LogP contribution is -2.54. The molecule has 0 spiro atoms. The van der Waals surface area contributed by atoms with Gasteiger partial charge in [0.05, 0.1) is 37.9 Å². The van der Waals surface area contributed by atoms with E-state index in [-0.39, 0.29) is 56.0 Å². The number of carbonyl (C=O) groups is 1. The van der Waals surface area contributed by atoms with Gasteiger partial charge in [-0.2, -0.15) is 4.98 Å². The molecule has 1 saturated heterocycles. The van der Waals surface area contributed by atoms with Crippen LogP contribution in [-0.2, 0) is 14.6 Å². The Bertz CT molecular complexity index is 2010. The first kappa shape index (κ1) is 29.8. The Morgan fingerprint density at radius 1 is 1.14 bits per heavy atom. The van der Waals surface area contributed by atoms with E-state index in [1.807, 2.05) is 11.8 Å². The third-order valence-corrected chi connectivity index (χ3v) is 9.31. The number of carbonyl (C=O) groups excluding carboxylic acids is 1. The molecule has 2 fully saturated rings. The van der Waals surface area contributed by atoms with Crippen LogP contribution in [0, 0.1) is 11.6 Å². The largest absolute Gasteiger partial charge is 0.355 e. The minimum absolute atomic E-state index is 0.00391. The zero-order valence-corrected chi connectivity index (χ0v) is 25.4. The molecular weight excluding hydrogens is 614 g/mol. The second-order valence-electron chi connectivity index (χ2n) is 11.0. The van der Waals surface area contributed by atoms with Crippen molar-refractivity contribution >= 4 is 44.2 Å². The number of hydrogen-bond acceptors (Lipinski definition) is 8. The fourth-order valence-electron chi connectivity index (χ4n) is 5.66. The van der Waals surface area contributed by atoms with Gasteiger partial charge < -0.3 is 9.80 Å². The molecule has 1 aliphatic heterocycles. The van der Waals surface area contributed by atoms with Gasteiger partial charge >= 0.3 is 5.69 Å². The summed E-state index contributed by atoms with van der Waals surface area (Å²) in [5.41, 5.74) is -1.36. The van der Waals surface area contributed by atoms with Crippen LogP contribution in [0.25, 0.3) is 28.0 Å². The number of hydrogen-bond donors (Lipinski definition) is 0. The summed E-state index contributed by atoms with van der Waals surface area (Å²) in [4.78, 5) is 43.0. The summed E-state index contributed by atoms with van der Waals surface area (Å²) in [6.07, 6.45) is 5.10. The molecule has 1 amide bonds. The van der Waals surface area contributed by atoms with Crippen LogP contribution < -0.4 is 10.6 Å². The van der Waals surface area contributed by atoms with Crippen LogP contribution in [0.15, 0.2) is 58.9 Å². The maximum atomic E-state index is 15.0. The van der Waals surface area contributed by atoms with E-state index in [9.17, 15) is 18.0 Å². The molecule has 0 bridgehead atoms. The second-order valence-corrected chi connectivity index (χ2v) is 13.4. The monoisotopic (exact) mass is 640 g/mol. The molecule has 0 unspecified atom stereocenters. The van der Waals surface area contributed by atoms with Gasteiger partial charge in [-0.05, 0) is 50.1 Å². The van der Waals surface area contributed by atoms with Gasteiger partial charge in [0.15, 0.2) is 15.5 Å². The molecule has 44 heavy (non-hydrogen) atoms. The van der Waals surface area contributed by atoms with Crippen LogP contribution in [0.5, 0.6) is 0 Å². The van der Waals surface area contributed by atoms with Crippen LogP contribution in [0.1, 0.15) is 31.4 Å². The Hall–Kier alpha value is -4.23. The van der Waals surface area contributed by atoms with Crippen molar-refractivity contribution in [3.8, 4) is 16.9 Å². The summed E-state index contributed by atoms with van der Waals surface area (Å²) in [6.45, 7) is 6.32. The van der Waals surface area contributed by atoms with Crippen LogP contribution in [0.2, 0.25) is 5.02 Å². The Balaban J connectivity index is 1.69. The molecule has 10 nitrogen and oxygen atoms in total. The van der Waals surface area contributed by atoms with Crippen molar-refractivity contribution < 1.29 is 22.0 Å². The van der Waals surface area contributed by atoms with E-state index < -0.39 is 32.7 Å². The Morgan fingerprint density at radius 3 is 2.45 bits per heavy atom. The lowest BCUT2D eigenvalue weighted by Gasteiger charge is -2.40. The van der Waals surface area contributed by atoms with E-state index in [0.29, 0.717) is 25.3 Å². The summed E-state index contributed by atoms with van der Waals surface area (Å²) in [5, 5.41) is 0.135. The quantitative estimate of drug-likeness (QED) is 0.287. The Morgan fingerprint density at radius 2 is 1.84 bits per heavy atom.